The van der Waals surface area contributed by atoms with Gasteiger partial charge in [-0.2, -0.15) is 0 Å². The average Bonchev–Trinajstić information content (AvgIpc) is 2.64. The molecular formula is C12H23N3O3. The summed E-state index contributed by atoms with van der Waals surface area (Å²) in [6, 6.07) is -1.33. The molecule has 0 spiro atoms. The van der Waals surface area contributed by atoms with E-state index in [1.54, 1.807) is 14.0 Å². The molecule has 1 rings (SSSR count). The van der Waals surface area contributed by atoms with Gasteiger partial charge in [0, 0.05) is 6.04 Å². The van der Waals surface area contributed by atoms with Crippen LogP contribution < -0.4 is 16.0 Å². The summed E-state index contributed by atoms with van der Waals surface area (Å²) in [5.74, 6) is -0.481. The second kappa shape index (κ2) is 6.58. The number of likely N-dealkylation sites (N-methyl/N-ethyl adjacent to an activating group) is 1. The van der Waals surface area contributed by atoms with Crippen molar-refractivity contribution in [3.63, 3.8) is 0 Å². The standard InChI is InChI=1S/C12H23N3O3/c1-7-5-4-6-9(7)15-12(18)14-8(2)10(13-3)11(16)17/h7-10,13H,4-6H2,1-3H3,(H,16,17)(H2,14,15,18). The Morgan fingerprint density at radius 3 is 2.44 bits per heavy atom. The number of nitrogens with one attached hydrogen (secondary N) is 3. The van der Waals surface area contributed by atoms with Crippen molar-refractivity contribution in [1.82, 2.24) is 16.0 Å². The zero-order valence-electron chi connectivity index (χ0n) is 11.2. The summed E-state index contributed by atoms with van der Waals surface area (Å²) in [5.41, 5.74) is 0. The van der Waals surface area contributed by atoms with E-state index in [9.17, 15) is 9.59 Å². The summed E-state index contributed by atoms with van der Waals surface area (Å²) in [6.07, 6.45) is 3.27. The third-order valence-electron chi connectivity index (χ3n) is 3.61. The van der Waals surface area contributed by atoms with E-state index in [2.05, 4.69) is 22.9 Å². The van der Waals surface area contributed by atoms with E-state index in [1.807, 2.05) is 0 Å². The van der Waals surface area contributed by atoms with Crippen molar-refractivity contribution in [3.05, 3.63) is 0 Å². The first-order chi connectivity index (χ1) is 8.45. The highest BCUT2D eigenvalue weighted by molar-refractivity contribution is 5.78. The summed E-state index contributed by atoms with van der Waals surface area (Å²) in [6.45, 7) is 3.79. The molecule has 0 aromatic heterocycles. The lowest BCUT2D eigenvalue weighted by Gasteiger charge is -2.23. The lowest BCUT2D eigenvalue weighted by atomic mass is 10.1. The van der Waals surface area contributed by atoms with Crippen LogP contribution >= 0.6 is 0 Å². The lowest BCUT2D eigenvalue weighted by Crippen LogP contribution is -2.55. The van der Waals surface area contributed by atoms with Gasteiger partial charge in [-0.3, -0.25) is 4.79 Å². The molecule has 2 amide bonds. The van der Waals surface area contributed by atoms with Crippen LogP contribution in [-0.4, -0.2) is 42.3 Å². The Balaban J connectivity index is 2.41. The van der Waals surface area contributed by atoms with Crippen LogP contribution in [0.15, 0.2) is 0 Å². The molecule has 1 aliphatic carbocycles. The smallest absolute Gasteiger partial charge is 0.322 e. The second-order valence-corrected chi connectivity index (χ2v) is 5.03. The van der Waals surface area contributed by atoms with Gasteiger partial charge < -0.3 is 21.1 Å². The van der Waals surface area contributed by atoms with Crippen molar-refractivity contribution in [2.75, 3.05) is 7.05 Å². The number of hydrogen-bond acceptors (Lipinski definition) is 3. The number of carboxylic acid groups (broad SMARTS) is 1. The molecule has 104 valence electrons. The Morgan fingerprint density at radius 1 is 1.33 bits per heavy atom. The minimum absolute atomic E-state index is 0.204. The van der Waals surface area contributed by atoms with Gasteiger partial charge in [0.15, 0.2) is 0 Å². The lowest BCUT2D eigenvalue weighted by molar-refractivity contribution is -0.139. The predicted molar refractivity (Wildman–Crippen MR) is 68.4 cm³/mol. The number of aliphatic carboxylic acids is 1. The molecule has 1 aliphatic rings. The number of amides is 2. The minimum atomic E-state index is -0.973. The van der Waals surface area contributed by atoms with Gasteiger partial charge in [0.1, 0.15) is 6.04 Å². The maximum Gasteiger partial charge on any atom is 0.322 e. The van der Waals surface area contributed by atoms with Crippen LogP contribution in [0.4, 0.5) is 4.79 Å². The fourth-order valence-electron chi connectivity index (χ4n) is 2.45. The number of carbonyl (C=O) groups is 2. The number of rotatable bonds is 5. The summed E-state index contributed by atoms with van der Waals surface area (Å²) < 4.78 is 0. The molecular weight excluding hydrogens is 234 g/mol. The highest BCUT2D eigenvalue weighted by Crippen LogP contribution is 2.24. The van der Waals surface area contributed by atoms with Crippen molar-refractivity contribution >= 4 is 12.0 Å². The fourth-order valence-corrected chi connectivity index (χ4v) is 2.45. The highest BCUT2D eigenvalue weighted by Gasteiger charge is 2.27. The van der Waals surface area contributed by atoms with Gasteiger partial charge in [-0.15, -0.1) is 0 Å². The molecule has 0 heterocycles. The molecule has 0 radical (unpaired) electrons. The molecule has 6 heteroatoms. The SMILES string of the molecule is CNC(C(=O)O)C(C)NC(=O)NC1CCCC1C. The topological polar surface area (TPSA) is 90.5 Å². The number of carbonyl (C=O) groups excluding carboxylic acids is 1. The molecule has 4 atom stereocenters. The molecule has 0 aromatic carbocycles. The van der Waals surface area contributed by atoms with E-state index < -0.39 is 18.1 Å². The van der Waals surface area contributed by atoms with Crippen molar-refractivity contribution in [1.29, 1.82) is 0 Å². The molecule has 0 bridgehead atoms. The molecule has 0 aliphatic heterocycles. The van der Waals surface area contributed by atoms with Crippen LogP contribution in [0.1, 0.15) is 33.1 Å². The summed E-state index contributed by atoms with van der Waals surface area (Å²) in [5, 5.41) is 17.2. The molecule has 4 N–H and O–H groups in total. The summed E-state index contributed by atoms with van der Waals surface area (Å²) in [4.78, 5) is 22.7. The third-order valence-corrected chi connectivity index (χ3v) is 3.61. The van der Waals surface area contributed by atoms with E-state index >= 15 is 0 Å². The Labute approximate surface area is 108 Å². The maximum atomic E-state index is 11.8. The van der Waals surface area contributed by atoms with Crippen LogP contribution in [-0.2, 0) is 4.79 Å². The number of urea groups is 1. The van der Waals surface area contributed by atoms with Crippen molar-refractivity contribution in [2.45, 2.75) is 51.2 Å². The first-order valence-electron chi connectivity index (χ1n) is 6.42. The highest BCUT2D eigenvalue weighted by atomic mass is 16.4. The van der Waals surface area contributed by atoms with Gasteiger partial charge >= 0.3 is 12.0 Å². The zero-order valence-corrected chi connectivity index (χ0v) is 11.2. The van der Waals surface area contributed by atoms with Crippen LogP contribution in [0.5, 0.6) is 0 Å². The van der Waals surface area contributed by atoms with E-state index in [0.29, 0.717) is 5.92 Å². The predicted octanol–water partition coefficient (Wildman–Crippen LogP) is 0.535. The van der Waals surface area contributed by atoms with Gasteiger partial charge in [-0.05, 0) is 32.7 Å². The van der Waals surface area contributed by atoms with E-state index in [0.717, 1.165) is 19.3 Å². The van der Waals surface area contributed by atoms with Crippen LogP contribution in [0, 0.1) is 5.92 Å². The second-order valence-electron chi connectivity index (χ2n) is 5.03. The first-order valence-corrected chi connectivity index (χ1v) is 6.42. The summed E-state index contributed by atoms with van der Waals surface area (Å²) in [7, 11) is 1.56. The minimum Gasteiger partial charge on any atom is -0.480 e. The van der Waals surface area contributed by atoms with Crippen molar-refractivity contribution in [3.8, 4) is 0 Å². The summed E-state index contributed by atoms with van der Waals surface area (Å²) >= 11 is 0. The van der Waals surface area contributed by atoms with E-state index in [-0.39, 0.29) is 12.1 Å². The van der Waals surface area contributed by atoms with Gasteiger partial charge in [-0.25, -0.2) is 4.79 Å². The zero-order chi connectivity index (χ0) is 13.7. The molecule has 0 saturated heterocycles. The normalized spacial score (nSPS) is 26.4. The third kappa shape index (κ3) is 3.87. The molecule has 4 unspecified atom stereocenters. The van der Waals surface area contributed by atoms with E-state index in [1.165, 1.54) is 0 Å². The molecule has 6 nitrogen and oxygen atoms in total. The monoisotopic (exact) mass is 257 g/mol. The Hall–Kier alpha value is -1.30. The van der Waals surface area contributed by atoms with Crippen molar-refractivity contribution in [2.24, 2.45) is 5.92 Å². The molecule has 18 heavy (non-hydrogen) atoms. The van der Waals surface area contributed by atoms with Crippen LogP contribution in [0.3, 0.4) is 0 Å². The van der Waals surface area contributed by atoms with Crippen molar-refractivity contribution < 1.29 is 14.7 Å². The van der Waals surface area contributed by atoms with Gasteiger partial charge in [0.2, 0.25) is 0 Å². The Kier molecular flexibility index (Phi) is 5.40. The van der Waals surface area contributed by atoms with Crippen LogP contribution in [0.25, 0.3) is 0 Å². The quantitative estimate of drug-likeness (QED) is 0.578. The maximum absolute atomic E-state index is 11.8. The average molecular weight is 257 g/mol. The molecule has 1 fully saturated rings. The fraction of sp³-hybridized carbons (Fsp3) is 0.833. The number of hydrogen-bond donors (Lipinski definition) is 4. The number of carboxylic acids is 1. The first kappa shape index (κ1) is 14.8. The van der Waals surface area contributed by atoms with Gasteiger partial charge in [0.25, 0.3) is 0 Å². The van der Waals surface area contributed by atoms with Crippen LogP contribution in [0.2, 0.25) is 0 Å². The molecule has 0 aromatic rings. The Bertz CT molecular complexity index is 309. The molecule has 1 saturated carbocycles. The Morgan fingerprint density at radius 2 is 2.00 bits per heavy atom. The van der Waals surface area contributed by atoms with E-state index in [4.69, 9.17) is 5.11 Å². The van der Waals surface area contributed by atoms with Gasteiger partial charge in [-0.1, -0.05) is 13.3 Å². The van der Waals surface area contributed by atoms with Gasteiger partial charge in [0.05, 0.1) is 6.04 Å². The largest absolute Gasteiger partial charge is 0.480 e.